The van der Waals surface area contributed by atoms with Gasteiger partial charge in [0.25, 0.3) is 0 Å². The molecule has 0 aromatic carbocycles. The van der Waals surface area contributed by atoms with Gasteiger partial charge < -0.3 is 15.0 Å². The van der Waals surface area contributed by atoms with Gasteiger partial charge in [-0.05, 0) is 59.5 Å². The summed E-state index contributed by atoms with van der Waals surface area (Å²) in [6, 6.07) is 0.232. The third kappa shape index (κ3) is 7.08. The second kappa shape index (κ2) is 9.48. The number of carbonyl (C=O) groups is 1. The van der Waals surface area contributed by atoms with E-state index in [1.807, 2.05) is 39.5 Å². The SMILES string of the molecule is CC.CC1CN(CC2CCNCC2)CCN1C(=O)OC(C)(C)C. The van der Waals surface area contributed by atoms with Gasteiger partial charge in [0.05, 0.1) is 0 Å². The molecule has 1 atom stereocenters. The number of rotatable bonds is 2. The molecule has 0 aromatic heterocycles. The molecule has 2 rings (SSSR count). The van der Waals surface area contributed by atoms with Crippen LogP contribution in [0.5, 0.6) is 0 Å². The molecule has 5 heteroatoms. The smallest absolute Gasteiger partial charge is 0.410 e. The number of hydrogen-bond donors (Lipinski definition) is 1. The van der Waals surface area contributed by atoms with Crippen LogP contribution in [0.3, 0.4) is 0 Å². The molecule has 1 amide bonds. The Balaban J connectivity index is 0.00000127. The standard InChI is InChI=1S/C16H31N3O2.C2H6/c1-13-11-18(12-14-5-7-17-8-6-14)9-10-19(13)15(20)21-16(2,3)4;1-2/h13-14,17H,5-12H2,1-4H3;1-2H3. The molecule has 2 aliphatic heterocycles. The Morgan fingerprint density at radius 2 is 1.78 bits per heavy atom. The van der Waals surface area contributed by atoms with Crippen LogP contribution in [-0.4, -0.2) is 66.8 Å². The van der Waals surface area contributed by atoms with Gasteiger partial charge in [-0.25, -0.2) is 4.79 Å². The van der Waals surface area contributed by atoms with Crippen molar-refractivity contribution in [3.8, 4) is 0 Å². The average Bonchev–Trinajstić information content (AvgIpc) is 2.48. The van der Waals surface area contributed by atoms with Crippen LogP contribution >= 0.6 is 0 Å². The van der Waals surface area contributed by atoms with Gasteiger partial charge in [-0.15, -0.1) is 0 Å². The third-order valence-electron chi connectivity index (χ3n) is 4.31. The summed E-state index contributed by atoms with van der Waals surface area (Å²) in [6.45, 7) is 18.1. The Morgan fingerprint density at radius 1 is 1.17 bits per heavy atom. The molecule has 0 spiro atoms. The minimum absolute atomic E-state index is 0.170. The zero-order valence-electron chi connectivity index (χ0n) is 16.0. The van der Waals surface area contributed by atoms with E-state index < -0.39 is 5.60 Å². The number of ether oxygens (including phenoxy) is 1. The molecule has 5 nitrogen and oxygen atoms in total. The van der Waals surface area contributed by atoms with Gasteiger partial charge in [0.15, 0.2) is 0 Å². The molecule has 0 saturated carbocycles. The summed E-state index contributed by atoms with van der Waals surface area (Å²) in [5, 5.41) is 3.42. The van der Waals surface area contributed by atoms with Gasteiger partial charge in [0.1, 0.15) is 5.60 Å². The van der Waals surface area contributed by atoms with E-state index in [1.54, 1.807) is 0 Å². The first-order chi connectivity index (χ1) is 10.8. The van der Waals surface area contributed by atoms with Gasteiger partial charge in [-0.1, -0.05) is 13.8 Å². The van der Waals surface area contributed by atoms with Crippen LogP contribution in [0.15, 0.2) is 0 Å². The van der Waals surface area contributed by atoms with Crippen LogP contribution < -0.4 is 5.32 Å². The highest BCUT2D eigenvalue weighted by molar-refractivity contribution is 5.68. The number of amides is 1. The van der Waals surface area contributed by atoms with E-state index in [0.29, 0.717) is 0 Å². The Kier molecular flexibility index (Phi) is 8.34. The molecule has 2 fully saturated rings. The Hall–Kier alpha value is -0.810. The highest BCUT2D eigenvalue weighted by atomic mass is 16.6. The number of carbonyl (C=O) groups excluding carboxylic acids is 1. The summed E-state index contributed by atoms with van der Waals surface area (Å²) < 4.78 is 5.49. The predicted molar refractivity (Wildman–Crippen MR) is 95.8 cm³/mol. The zero-order valence-corrected chi connectivity index (χ0v) is 16.0. The van der Waals surface area contributed by atoms with Gasteiger partial charge in [-0.3, -0.25) is 4.90 Å². The molecule has 0 radical (unpaired) electrons. The lowest BCUT2D eigenvalue weighted by molar-refractivity contribution is -0.000688. The van der Waals surface area contributed by atoms with E-state index in [4.69, 9.17) is 4.74 Å². The molecule has 2 heterocycles. The van der Waals surface area contributed by atoms with Crippen molar-refractivity contribution in [1.29, 1.82) is 0 Å². The summed E-state index contributed by atoms with van der Waals surface area (Å²) in [5.41, 5.74) is -0.414. The summed E-state index contributed by atoms with van der Waals surface area (Å²) >= 11 is 0. The largest absolute Gasteiger partial charge is 0.444 e. The lowest BCUT2D eigenvalue weighted by Crippen LogP contribution is -2.55. The van der Waals surface area contributed by atoms with Crippen LogP contribution in [-0.2, 0) is 4.74 Å². The van der Waals surface area contributed by atoms with E-state index in [9.17, 15) is 4.79 Å². The molecular weight excluding hydrogens is 290 g/mol. The Labute approximate surface area is 142 Å². The molecular formula is C18H37N3O2. The molecule has 1 unspecified atom stereocenters. The monoisotopic (exact) mass is 327 g/mol. The van der Waals surface area contributed by atoms with E-state index in [0.717, 1.165) is 38.6 Å². The fraction of sp³-hybridized carbons (Fsp3) is 0.944. The molecule has 0 aliphatic carbocycles. The van der Waals surface area contributed by atoms with Crippen molar-refractivity contribution in [2.75, 3.05) is 39.3 Å². The van der Waals surface area contributed by atoms with Gasteiger partial charge in [-0.2, -0.15) is 0 Å². The predicted octanol–water partition coefficient (Wildman–Crippen LogP) is 2.95. The number of piperidine rings is 1. The minimum Gasteiger partial charge on any atom is -0.444 e. The average molecular weight is 328 g/mol. The Morgan fingerprint density at radius 3 is 2.30 bits per heavy atom. The summed E-state index contributed by atoms with van der Waals surface area (Å²) in [7, 11) is 0. The molecule has 1 N–H and O–H groups in total. The number of hydrogen-bond acceptors (Lipinski definition) is 4. The summed E-state index contributed by atoms with van der Waals surface area (Å²) in [5.74, 6) is 0.812. The van der Waals surface area contributed by atoms with Crippen molar-refractivity contribution >= 4 is 6.09 Å². The molecule has 23 heavy (non-hydrogen) atoms. The molecule has 136 valence electrons. The fourth-order valence-corrected chi connectivity index (χ4v) is 3.22. The van der Waals surface area contributed by atoms with Crippen LogP contribution in [0.4, 0.5) is 4.79 Å². The first-order valence-corrected chi connectivity index (χ1v) is 9.28. The number of nitrogens with one attached hydrogen (secondary N) is 1. The van der Waals surface area contributed by atoms with Crippen molar-refractivity contribution in [3.63, 3.8) is 0 Å². The van der Waals surface area contributed by atoms with E-state index >= 15 is 0 Å². The van der Waals surface area contributed by atoms with Gasteiger partial charge in [0, 0.05) is 32.2 Å². The lowest BCUT2D eigenvalue weighted by Gasteiger charge is -2.41. The topological polar surface area (TPSA) is 44.8 Å². The Bertz CT molecular complexity index is 349. The molecule has 0 bridgehead atoms. The highest BCUT2D eigenvalue weighted by Gasteiger charge is 2.31. The van der Waals surface area contributed by atoms with Gasteiger partial charge in [0.2, 0.25) is 0 Å². The van der Waals surface area contributed by atoms with Gasteiger partial charge >= 0.3 is 6.09 Å². The van der Waals surface area contributed by atoms with Crippen molar-refractivity contribution in [3.05, 3.63) is 0 Å². The highest BCUT2D eigenvalue weighted by Crippen LogP contribution is 2.19. The van der Waals surface area contributed by atoms with Crippen molar-refractivity contribution in [1.82, 2.24) is 15.1 Å². The number of nitrogens with zero attached hydrogens (tertiary/aromatic N) is 2. The summed E-state index contributed by atoms with van der Waals surface area (Å²) in [6.07, 6.45) is 2.39. The van der Waals surface area contributed by atoms with Crippen molar-refractivity contribution in [2.45, 2.75) is 66.0 Å². The second-order valence-corrected chi connectivity index (χ2v) is 7.48. The molecule has 2 aliphatic rings. The van der Waals surface area contributed by atoms with Crippen LogP contribution in [0.1, 0.15) is 54.4 Å². The third-order valence-corrected chi connectivity index (χ3v) is 4.31. The minimum atomic E-state index is -0.414. The van der Waals surface area contributed by atoms with E-state index in [1.165, 1.54) is 19.4 Å². The first kappa shape index (κ1) is 20.2. The van der Waals surface area contributed by atoms with Crippen molar-refractivity contribution < 1.29 is 9.53 Å². The van der Waals surface area contributed by atoms with Crippen molar-refractivity contribution in [2.24, 2.45) is 5.92 Å². The maximum absolute atomic E-state index is 12.2. The maximum Gasteiger partial charge on any atom is 0.410 e. The number of piperazine rings is 1. The summed E-state index contributed by atoms with van der Waals surface area (Å²) in [4.78, 5) is 16.6. The van der Waals surface area contributed by atoms with Crippen LogP contribution in [0.2, 0.25) is 0 Å². The lowest BCUT2D eigenvalue weighted by atomic mass is 9.97. The normalized spacial score (nSPS) is 23.9. The van der Waals surface area contributed by atoms with E-state index in [-0.39, 0.29) is 12.1 Å². The quantitative estimate of drug-likeness (QED) is 0.847. The second-order valence-electron chi connectivity index (χ2n) is 7.48. The fourth-order valence-electron chi connectivity index (χ4n) is 3.22. The van der Waals surface area contributed by atoms with Crippen LogP contribution in [0, 0.1) is 5.92 Å². The maximum atomic E-state index is 12.2. The molecule has 2 saturated heterocycles. The van der Waals surface area contributed by atoms with E-state index in [2.05, 4.69) is 17.1 Å². The first-order valence-electron chi connectivity index (χ1n) is 9.28. The van der Waals surface area contributed by atoms with Crippen LogP contribution in [0.25, 0.3) is 0 Å². The zero-order chi connectivity index (χ0) is 17.5. The molecule has 0 aromatic rings.